The van der Waals surface area contributed by atoms with Crippen LogP contribution in [0.1, 0.15) is 16.1 Å². The molecule has 3 rings (SSSR count). The van der Waals surface area contributed by atoms with Crippen LogP contribution in [0, 0.1) is 0 Å². The van der Waals surface area contributed by atoms with E-state index in [2.05, 4.69) is 15.6 Å². The second-order valence-corrected chi connectivity index (χ2v) is 6.13. The first-order valence-electron chi connectivity index (χ1n) is 8.92. The molecule has 0 aliphatic carbocycles. The van der Waals surface area contributed by atoms with Crippen molar-refractivity contribution in [1.29, 1.82) is 0 Å². The molecule has 0 fully saturated rings. The van der Waals surface area contributed by atoms with Crippen LogP contribution < -0.4 is 25.3 Å². The summed E-state index contributed by atoms with van der Waals surface area (Å²) in [4.78, 5) is 12.5. The maximum Gasteiger partial charge on any atom is 0.275 e. The van der Waals surface area contributed by atoms with Crippen LogP contribution in [0.5, 0.6) is 17.2 Å². The summed E-state index contributed by atoms with van der Waals surface area (Å²) in [5, 5.41) is 10.7. The summed E-state index contributed by atoms with van der Waals surface area (Å²) >= 11 is 0. The van der Waals surface area contributed by atoms with Crippen molar-refractivity contribution in [2.75, 3.05) is 33.6 Å². The number of nitrogens with one attached hydrogen (secondary N) is 1. The van der Waals surface area contributed by atoms with Gasteiger partial charge < -0.3 is 25.3 Å². The number of carbonyl (C=O) groups excluding carboxylic acids is 1. The topological polar surface area (TPSA) is 114 Å². The second kappa shape index (κ2) is 8.96. The van der Waals surface area contributed by atoms with E-state index < -0.39 is 0 Å². The molecule has 3 aromatic rings. The van der Waals surface area contributed by atoms with Crippen LogP contribution in [-0.4, -0.2) is 48.8 Å². The van der Waals surface area contributed by atoms with Gasteiger partial charge in [-0.3, -0.25) is 4.79 Å². The predicted molar refractivity (Wildman–Crippen MR) is 108 cm³/mol. The summed E-state index contributed by atoms with van der Waals surface area (Å²) in [6, 6.07) is 12.7. The highest BCUT2D eigenvalue weighted by molar-refractivity contribution is 5.96. The van der Waals surface area contributed by atoms with Crippen LogP contribution in [0.15, 0.2) is 42.5 Å². The van der Waals surface area contributed by atoms with Gasteiger partial charge >= 0.3 is 0 Å². The zero-order valence-electron chi connectivity index (χ0n) is 16.5. The van der Waals surface area contributed by atoms with Crippen molar-refractivity contribution in [1.82, 2.24) is 20.3 Å². The van der Waals surface area contributed by atoms with Crippen molar-refractivity contribution in [3.8, 4) is 22.9 Å². The van der Waals surface area contributed by atoms with E-state index in [1.165, 1.54) is 4.68 Å². The van der Waals surface area contributed by atoms with Crippen LogP contribution >= 0.6 is 0 Å². The Morgan fingerprint density at radius 3 is 2.41 bits per heavy atom. The van der Waals surface area contributed by atoms with E-state index in [9.17, 15) is 4.79 Å². The molecule has 0 bridgehead atoms. The lowest BCUT2D eigenvalue weighted by molar-refractivity contribution is 0.0950. The minimum atomic E-state index is -0.386. The van der Waals surface area contributed by atoms with Gasteiger partial charge in [-0.25, -0.2) is 0 Å². The van der Waals surface area contributed by atoms with Crippen LogP contribution in [0.2, 0.25) is 0 Å². The van der Waals surface area contributed by atoms with Gasteiger partial charge in [-0.2, -0.15) is 4.68 Å². The monoisotopic (exact) mass is 397 g/mol. The number of hydrogen-bond acceptors (Lipinski definition) is 7. The number of amides is 1. The Balaban J connectivity index is 1.63. The van der Waals surface area contributed by atoms with Crippen molar-refractivity contribution >= 4 is 11.7 Å². The largest absolute Gasteiger partial charge is 0.497 e. The van der Waals surface area contributed by atoms with Gasteiger partial charge in [0.05, 0.1) is 27.0 Å². The molecule has 9 heteroatoms. The minimum Gasteiger partial charge on any atom is -0.497 e. The van der Waals surface area contributed by atoms with Gasteiger partial charge in [0.25, 0.3) is 5.91 Å². The standard InChI is InChI=1S/C20H23N5O4/c1-27-15-7-5-14(6-8-15)25-19(21)18(23-24-25)20(26)22-11-10-13-4-9-16(28-2)17(12-13)29-3/h4-9,12H,10-11,21H2,1-3H3,(H,22,26). The summed E-state index contributed by atoms with van der Waals surface area (Å²) in [5.74, 6) is 1.79. The molecule has 0 spiro atoms. The number of anilines is 1. The average Bonchev–Trinajstić information content (AvgIpc) is 3.14. The number of nitrogen functional groups attached to an aromatic ring is 1. The number of ether oxygens (including phenoxy) is 3. The summed E-state index contributed by atoms with van der Waals surface area (Å²) in [6.45, 7) is 0.406. The first-order chi connectivity index (χ1) is 14.1. The van der Waals surface area contributed by atoms with Gasteiger partial charge in [0, 0.05) is 6.54 Å². The molecule has 0 unspecified atom stereocenters. The molecule has 29 heavy (non-hydrogen) atoms. The highest BCUT2D eigenvalue weighted by Crippen LogP contribution is 2.27. The predicted octanol–water partition coefficient (Wildman–Crippen LogP) is 1.85. The fraction of sp³-hybridized carbons (Fsp3) is 0.250. The summed E-state index contributed by atoms with van der Waals surface area (Å²) < 4.78 is 17.1. The highest BCUT2D eigenvalue weighted by atomic mass is 16.5. The zero-order valence-corrected chi connectivity index (χ0v) is 16.5. The van der Waals surface area contributed by atoms with Crippen LogP contribution in [0.25, 0.3) is 5.69 Å². The van der Waals surface area contributed by atoms with Crippen molar-refractivity contribution in [2.24, 2.45) is 0 Å². The SMILES string of the molecule is COc1ccc(-n2nnc(C(=O)NCCc3ccc(OC)c(OC)c3)c2N)cc1. The van der Waals surface area contributed by atoms with E-state index in [0.29, 0.717) is 35.9 Å². The normalized spacial score (nSPS) is 10.4. The van der Waals surface area contributed by atoms with E-state index in [-0.39, 0.29) is 17.4 Å². The van der Waals surface area contributed by atoms with Crippen molar-refractivity contribution in [2.45, 2.75) is 6.42 Å². The average molecular weight is 397 g/mol. The smallest absolute Gasteiger partial charge is 0.275 e. The van der Waals surface area contributed by atoms with E-state index in [1.807, 2.05) is 18.2 Å². The maximum absolute atomic E-state index is 12.5. The van der Waals surface area contributed by atoms with Gasteiger partial charge in [-0.1, -0.05) is 11.3 Å². The third-order valence-electron chi connectivity index (χ3n) is 4.38. The molecular formula is C20H23N5O4. The molecule has 3 N–H and O–H groups in total. The molecule has 0 atom stereocenters. The van der Waals surface area contributed by atoms with E-state index in [0.717, 1.165) is 5.56 Å². The quantitative estimate of drug-likeness (QED) is 0.596. The molecule has 2 aromatic carbocycles. The lowest BCUT2D eigenvalue weighted by atomic mass is 10.1. The highest BCUT2D eigenvalue weighted by Gasteiger charge is 2.18. The van der Waals surface area contributed by atoms with Crippen LogP contribution in [0.4, 0.5) is 5.82 Å². The van der Waals surface area contributed by atoms with E-state index in [1.54, 1.807) is 45.6 Å². The van der Waals surface area contributed by atoms with Gasteiger partial charge in [0.15, 0.2) is 23.0 Å². The van der Waals surface area contributed by atoms with Gasteiger partial charge in [-0.05, 0) is 48.4 Å². The number of benzene rings is 2. The fourth-order valence-corrected chi connectivity index (χ4v) is 2.81. The Kier molecular flexibility index (Phi) is 6.18. The zero-order chi connectivity index (χ0) is 20.8. The Hall–Kier alpha value is -3.75. The summed E-state index contributed by atoms with van der Waals surface area (Å²) in [7, 11) is 4.75. The molecule has 1 amide bonds. The third kappa shape index (κ3) is 4.40. The second-order valence-electron chi connectivity index (χ2n) is 6.13. The number of hydrogen-bond donors (Lipinski definition) is 2. The minimum absolute atomic E-state index is 0.0770. The number of rotatable bonds is 8. The van der Waals surface area contributed by atoms with Crippen molar-refractivity contribution < 1.29 is 19.0 Å². The van der Waals surface area contributed by atoms with Crippen molar-refractivity contribution in [3.63, 3.8) is 0 Å². The van der Waals surface area contributed by atoms with Crippen LogP contribution in [0.3, 0.4) is 0 Å². The third-order valence-corrected chi connectivity index (χ3v) is 4.38. The molecule has 0 radical (unpaired) electrons. The lowest BCUT2D eigenvalue weighted by Crippen LogP contribution is -2.27. The molecule has 152 valence electrons. The first kappa shape index (κ1) is 20.0. The number of nitrogens with two attached hydrogens (primary N) is 1. The molecule has 9 nitrogen and oxygen atoms in total. The van der Waals surface area contributed by atoms with Gasteiger partial charge in [-0.15, -0.1) is 5.10 Å². The van der Waals surface area contributed by atoms with Gasteiger partial charge in [0.2, 0.25) is 0 Å². The van der Waals surface area contributed by atoms with E-state index in [4.69, 9.17) is 19.9 Å². The molecule has 0 aliphatic rings. The number of nitrogens with zero attached hydrogens (tertiary/aromatic N) is 3. The molecular weight excluding hydrogens is 374 g/mol. The molecule has 0 aliphatic heterocycles. The molecule has 0 saturated heterocycles. The molecule has 1 heterocycles. The fourth-order valence-electron chi connectivity index (χ4n) is 2.81. The Morgan fingerprint density at radius 2 is 1.76 bits per heavy atom. The number of methoxy groups -OCH3 is 3. The first-order valence-corrected chi connectivity index (χ1v) is 8.92. The summed E-state index contributed by atoms with van der Waals surface area (Å²) in [6.07, 6.45) is 0.610. The van der Waals surface area contributed by atoms with Crippen LogP contribution in [-0.2, 0) is 6.42 Å². The molecule has 0 saturated carbocycles. The number of aromatic nitrogens is 3. The maximum atomic E-state index is 12.5. The lowest BCUT2D eigenvalue weighted by Gasteiger charge is -2.10. The van der Waals surface area contributed by atoms with E-state index >= 15 is 0 Å². The Bertz CT molecular complexity index is 985. The van der Waals surface area contributed by atoms with Crippen molar-refractivity contribution in [3.05, 3.63) is 53.7 Å². The Labute approximate surface area is 168 Å². The Morgan fingerprint density at radius 1 is 1.03 bits per heavy atom. The molecule has 1 aromatic heterocycles. The number of carbonyl (C=O) groups is 1. The summed E-state index contributed by atoms with van der Waals surface area (Å²) in [5.41, 5.74) is 7.83. The van der Waals surface area contributed by atoms with Gasteiger partial charge in [0.1, 0.15) is 5.75 Å².